The Morgan fingerprint density at radius 3 is 2.50 bits per heavy atom. The fraction of sp³-hybridized carbons (Fsp3) is 0.0417. The third-order valence-electron chi connectivity index (χ3n) is 4.70. The molecule has 0 saturated carbocycles. The molecule has 0 fully saturated rings. The molecule has 2 heterocycles. The van der Waals surface area contributed by atoms with Crippen molar-refractivity contribution in [1.29, 1.82) is 0 Å². The standard InChI is InChI=1S/C24H19N5OS2/c30-22(16-31-23-26-19-13-7-8-14-20(19)27-23)28-29-21(17-9-3-1-4-10-17)15-32-24(29)25-18-11-5-2-6-12-18/h1-15H,16H2,(H,26,27)(H,28,30). The quantitative estimate of drug-likeness (QED) is 0.345. The molecule has 5 rings (SSSR count). The number of amides is 1. The highest BCUT2D eigenvalue weighted by atomic mass is 32.2. The lowest BCUT2D eigenvalue weighted by Gasteiger charge is -2.10. The van der Waals surface area contributed by atoms with Gasteiger partial charge in [-0.3, -0.25) is 10.2 Å². The predicted molar refractivity (Wildman–Crippen MR) is 131 cm³/mol. The molecule has 1 amide bonds. The molecule has 0 radical (unpaired) electrons. The number of aromatic nitrogens is 3. The Bertz CT molecular complexity index is 1390. The number of fused-ring (bicyclic) bond motifs is 1. The average molecular weight is 458 g/mol. The van der Waals surface area contributed by atoms with Crippen LogP contribution in [0.25, 0.3) is 22.3 Å². The zero-order valence-corrected chi connectivity index (χ0v) is 18.6. The third-order valence-corrected chi connectivity index (χ3v) is 6.40. The predicted octanol–water partition coefficient (Wildman–Crippen LogP) is 5.19. The van der Waals surface area contributed by atoms with Crippen LogP contribution in [0.3, 0.4) is 0 Å². The van der Waals surface area contributed by atoms with E-state index >= 15 is 0 Å². The maximum Gasteiger partial charge on any atom is 0.249 e. The molecule has 2 N–H and O–H groups in total. The number of carbonyl (C=O) groups is 1. The van der Waals surface area contributed by atoms with E-state index in [4.69, 9.17) is 4.99 Å². The number of nitrogens with one attached hydrogen (secondary N) is 2. The van der Waals surface area contributed by atoms with Crippen molar-refractivity contribution in [3.63, 3.8) is 0 Å². The van der Waals surface area contributed by atoms with Crippen LogP contribution < -0.4 is 10.2 Å². The maximum absolute atomic E-state index is 12.9. The largest absolute Gasteiger partial charge is 0.333 e. The van der Waals surface area contributed by atoms with Gasteiger partial charge in [-0.05, 0) is 24.3 Å². The number of thioether (sulfide) groups is 1. The van der Waals surface area contributed by atoms with Crippen LogP contribution in [0.2, 0.25) is 0 Å². The molecule has 5 aromatic rings. The fourth-order valence-corrected chi connectivity index (χ4v) is 4.75. The summed E-state index contributed by atoms with van der Waals surface area (Å²) in [4.78, 5) is 26.0. The van der Waals surface area contributed by atoms with Crippen LogP contribution in [0.15, 0.2) is 100 Å². The molecule has 8 heteroatoms. The smallest absolute Gasteiger partial charge is 0.249 e. The monoisotopic (exact) mass is 457 g/mol. The lowest BCUT2D eigenvalue weighted by Crippen LogP contribution is -2.32. The van der Waals surface area contributed by atoms with Crippen LogP contribution >= 0.6 is 23.1 Å². The van der Waals surface area contributed by atoms with Crippen LogP contribution in [-0.4, -0.2) is 26.3 Å². The van der Waals surface area contributed by atoms with Crippen molar-refractivity contribution >= 4 is 45.7 Å². The molecule has 32 heavy (non-hydrogen) atoms. The van der Waals surface area contributed by atoms with E-state index in [1.54, 1.807) is 4.68 Å². The van der Waals surface area contributed by atoms with Crippen LogP contribution in [0.5, 0.6) is 0 Å². The highest BCUT2D eigenvalue weighted by molar-refractivity contribution is 7.99. The Kier molecular flexibility index (Phi) is 5.87. The number of aromatic amines is 1. The summed E-state index contributed by atoms with van der Waals surface area (Å²) in [5.41, 5.74) is 7.57. The van der Waals surface area contributed by atoms with Gasteiger partial charge in [0.25, 0.3) is 0 Å². The minimum absolute atomic E-state index is 0.138. The summed E-state index contributed by atoms with van der Waals surface area (Å²) in [7, 11) is 0. The highest BCUT2D eigenvalue weighted by Gasteiger charge is 2.12. The Labute approximate surface area is 192 Å². The average Bonchev–Trinajstić information content (AvgIpc) is 3.43. The van der Waals surface area contributed by atoms with Gasteiger partial charge in [0.15, 0.2) is 5.16 Å². The molecule has 0 atom stereocenters. The number of hydrogen-bond donors (Lipinski definition) is 2. The molecule has 0 spiro atoms. The maximum atomic E-state index is 12.9. The summed E-state index contributed by atoms with van der Waals surface area (Å²) >= 11 is 2.85. The Morgan fingerprint density at radius 1 is 1.00 bits per heavy atom. The van der Waals surface area contributed by atoms with Crippen molar-refractivity contribution in [3.8, 4) is 11.3 Å². The number of H-pyrrole nitrogens is 1. The molecule has 0 bridgehead atoms. The zero-order valence-electron chi connectivity index (χ0n) is 16.9. The van der Waals surface area contributed by atoms with Crippen molar-refractivity contribution in [2.75, 3.05) is 11.2 Å². The second-order valence-electron chi connectivity index (χ2n) is 6.94. The summed E-state index contributed by atoms with van der Waals surface area (Å²) in [5, 5.41) is 2.72. The molecule has 0 unspecified atom stereocenters. The first-order valence-corrected chi connectivity index (χ1v) is 11.9. The van der Waals surface area contributed by atoms with E-state index in [2.05, 4.69) is 15.4 Å². The first-order valence-electron chi connectivity index (χ1n) is 9.99. The molecule has 0 aliphatic carbocycles. The minimum atomic E-state index is -0.138. The number of benzene rings is 3. The Morgan fingerprint density at radius 2 is 1.72 bits per heavy atom. The summed E-state index contributed by atoms with van der Waals surface area (Å²) in [6, 6.07) is 27.5. The molecular weight excluding hydrogens is 438 g/mol. The van der Waals surface area contributed by atoms with Crippen molar-refractivity contribution < 1.29 is 4.79 Å². The van der Waals surface area contributed by atoms with Crippen molar-refractivity contribution in [3.05, 3.63) is 95.1 Å². The zero-order chi connectivity index (χ0) is 21.8. The normalized spacial score (nSPS) is 11.7. The first-order chi connectivity index (χ1) is 15.8. The number of thiazole rings is 1. The van der Waals surface area contributed by atoms with E-state index in [9.17, 15) is 4.79 Å². The van der Waals surface area contributed by atoms with Crippen LogP contribution in [0.1, 0.15) is 0 Å². The van der Waals surface area contributed by atoms with Crippen LogP contribution in [0.4, 0.5) is 5.69 Å². The van der Waals surface area contributed by atoms with Crippen LogP contribution in [-0.2, 0) is 4.79 Å². The number of hydrogen-bond acceptors (Lipinski definition) is 5. The van der Waals surface area contributed by atoms with Crippen molar-refractivity contribution in [1.82, 2.24) is 14.6 Å². The van der Waals surface area contributed by atoms with E-state index in [0.717, 1.165) is 28.0 Å². The third kappa shape index (κ3) is 4.51. The second kappa shape index (κ2) is 9.25. The van der Waals surface area contributed by atoms with Gasteiger partial charge in [-0.2, -0.15) is 0 Å². The van der Waals surface area contributed by atoms with Gasteiger partial charge in [0, 0.05) is 10.9 Å². The summed E-state index contributed by atoms with van der Waals surface area (Å²) < 4.78 is 1.76. The van der Waals surface area contributed by atoms with Gasteiger partial charge in [-0.15, -0.1) is 11.3 Å². The Hall–Kier alpha value is -3.62. The van der Waals surface area contributed by atoms with Crippen molar-refractivity contribution in [2.45, 2.75) is 5.16 Å². The molecule has 6 nitrogen and oxygen atoms in total. The van der Waals surface area contributed by atoms with Gasteiger partial charge in [0.1, 0.15) is 0 Å². The molecule has 0 saturated heterocycles. The summed E-state index contributed by atoms with van der Waals surface area (Å²) in [5.74, 6) is 0.0855. The number of carbonyl (C=O) groups excluding carboxylic acids is 1. The Balaban J connectivity index is 1.41. The molecule has 2 aromatic heterocycles. The molecule has 0 aliphatic heterocycles. The molecule has 3 aromatic carbocycles. The van der Waals surface area contributed by atoms with E-state index in [0.29, 0.717) is 9.96 Å². The highest BCUT2D eigenvalue weighted by Crippen LogP contribution is 2.21. The van der Waals surface area contributed by atoms with Crippen molar-refractivity contribution in [2.24, 2.45) is 4.99 Å². The lowest BCUT2D eigenvalue weighted by atomic mass is 10.2. The van der Waals surface area contributed by atoms with Crippen LogP contribution in [0, 0.1) is 0 Å². The topological polar surface area (TPSA) is 75.1 Å². The van der Waals surface area contributed by atoms with E-state index < -0.39 is 0 Å². The molecule has 0 aliphatic rings. The number of nitrogens with zero attached hydrogens (tertiary/aromatic N) is 3. The lowest BCUT2D eigenvalue weighted by molar-refractivity contribution is -0.114. The number of para-hydroxylation sites is 3. The number of rotatable bonds is 6. The summed E-state index contributed by atoms with van der Waals surface area (Å²) in [6.07, 6.45) is 0. The van der Waals surface area contributed by atoms with E-state index in [1.165, 1.54) is 23.1 Å². The van der Waals surface area contributed by atoms with E-state index in [-0.39, 0.29) is 11.7 Å². The second-order valence-corrected chi connectivity index (χ2v) is 8.74. The van der Waals surface area contributed by atoms with Gasteiger partial charge in [-0.25, -0.2) is 14.7 Å². The van der Waals surface area contributed by atoms with Gasteiger partial charge in [0.2, 0.25) is 10.7 Å². The van der Waals surface area contributed by atoms with E-state index in [1.807, 2.05) is 90.3 Å². The molecule has 158 valence electrons. The first kappa shape index (κ1) is 20.3. The fourth-order valence-electron chi connectivity index (χ4n) is 3.21. The summed E-state index contributed by atoms with van der Waals surface area (Å²) in [6.45, 7) is 0. The van der Waals surface area contributed by atoms with Gasteiger partial charge in [0.05, 0.1) is 28.2 Å². The molecular formula is C24H19N5OS2. The minimum Gasteiger partial charge on any atom is -0.333 e. The van der Waals surface area contributed by atoms with Gasteiger partial charge < -0.3 is 4.98 Å². The van der Waals surface area contributed by atoms with Gasteiger partial charge in [-0.1, -0.05) is 72.4 Å². The number of imidazole rings is 1. The SMILES string of the molecule is O=C(CSc1nc2ccccc2[nH]1)Nn1c(-c2ccccc2)csc1=Nc1ccccc1. The van der Waals surface area contributed by atoms with Gasteiger partial charge >= 0.3 is 0 Å².